The first-order valence-electron chi connectivity index (χ1n) is 11.2. The number of nitrogens with zero attached hydrogens (tertiary/aromatic N) is 3. The summed E-state index contributed by atoms with van der Waals surface area (Å²) in [6, 6.07) is 21.6. The lowest BCUT2D eigenvalue weighted by molar-refractivity contribution is -0.127. The number of nitrogens with one attached hydrogen (secondary N) is 1. The third-order valence-corrected chi connectivity index (χ3v) is 7.27. The van der Waals surface area contributed by atoms with Crippen molar-refractivity contribution in [1.82, 2.24) is 9.62 Å². The summed E-state index contributed by atoms with van der Waals surface area (Å²) in [5.74, 6) is -0.957. The number of cyclic esters (lactones) is 1. The number of sulfonamides is 1. The van der Waals surface area contributed by atoms with Crippen LogP contribution < -0.4 is 4.72 Å². The van der Waals surface area contributed by atoms with Gasteiger partial charge in [0.1, 0.15) is 6.61 Å². The molecule has 184 valence electrons. The second kappa shape index (κ2) is 10.7. The third-order valence-electron chi connectivity index (χ3n) is 5.83. The van der Waals surface area contributed by atoms with Crippen molar-refractivity contribution in [3.8, 4) is 0 Å². The number of amides is 2. The smallest absolute Gasteiger partial charge is 0.417 e. The van der Waals surface area contributed by atoms with E-state index in [9.17, 15) is 23.5 Å². The van der Waals surface area contributed by atoms with Gasteiger partial charge in [0.2, 0.25) is 10.0 Å². The molecule has 0 bridgehead atoms. The summed E-state index contributed by atoms with van der Waals surface area (Å²) < 4.78 is 34.0. The normalized spacial score (nSPS) is 16.2. The minimum absolute atomic E-state index is 0.0266. The van der Waals surface area contributed by atoms with Crippen LogP contribution in [0.25, 0.3) is 5.53 Å². The van der Waals surface area contributed by atoms with E-state index in [-0.39, 0.29) is 11.5 Å². The van der Waals surface area contributed by atoms with Crippen LogP contribution in [0.2, 0.25) is 0 Å². The van der Waals surface area contributed by atoms with Crippen molar-refractivity contribution in [1.29, 1.82) is 0 Å². The highest BCUT2D eigenvalue weighted by Crippen LogP contribution is 2.23. The number of benzene rings is 3. The molecule has 0 radical (unpaired) electrons. The average molecular weight is 505 g/mol. The van der Waals surface area contributed by atoms with Crippen molar-refractivity contribution < 1.29 is 27.5 Å². The number of carbonyl (C=O) groups excluding carboxylic acids is 2. The van der Waals surface area contributed by atoms with Crippen molar-refractivity contribution in [2.75, 3.05) is 6.61 Å². The Bertz CT molecular complexity index is 1400. The van der Waals surface area contributed by atoms with E-state index < -0.39 is 39.8 Å². The fourth-order valence-electron chi connectivity index (χ4n) is 3.96. The topological polar surface area (TPSA) is 129 Å². The molecule has 3 aromatic rings. The minimum Gasteiger partial charge on any atom is -0.447 e. The van der Waals surface area contributed by atoms with E-state index in [1.165, 1.54) is 12.1 Å². The van der Waals surface area contributed by atoms with Gasteiger partial charge < -0.3 is 10.3 Å². The van der Waals surface area contributed by atoms with Crippen LogP contribution in [0.5, 0.6) is 0 Å². The van der Waals surface area contributed by atoms with Gasteiger partial charge in [0, 0.05) is 0 Å². The summed E-state index contributed by atoms with van der Waals surface area (Å²) in [4.78, 5) is 30.1. The molecule has 4 rings (SSSR count). The first-order valence-corrected chi connectivity index (χ1v) is 12.7. The molecule has 1 fully saturated rings. The Kier molecular flexibility index (Phi) is 7.40. The molecule has 1 N–H and O–H groups in total. The monoisotopic (exact) mass is 504 g/mol. The molecule has 10 heteroatoms. The number of aryl methyl sites for hydroxylation is 1. The van der Waals surface area contributed by atoms with Gasteiger partial charge in [0.25, 0.3) is 0 Å². The first-order chi connectivity index (χ1) is 17.3. The molecule has 0 saturated carbocycles. The predicted molar refractivity (Wildman–Crippen MR) is 131 cm³/mol. The fraction of sp³-hybridized carbons (Fsp3) is 0.192. The molecule has 3 aromatic carbocycles. The molecule has 1 aliphatic heterocycles. The molecule has 1 heterocycles. The van der Waals surface area contributed by atoms with Crippen LogP contribution in [0, 0.1) is 6.92 Å². The van der Waals surface area contributed by atoms with Gasteiger partial charge in [-0.2, -0.15) is 9.51 Å². The second-order valence-corrected chi connectivity index (χ2v) is 10.1. The van der Waals surface area contributed by atoms with E-state index in [1.54, 1.807) is 42.5 Å². The Morgan fingerprint density at radius 1 is 1.06 bits per heavy atom. The molecule has 0 aliphatic carbocycles. The summed E-state index contributed by atoms with van der Waals surface area (Å²) in [6.45, 7) is 1.79. The maximum atomic E-state index is 13.6. The highest BCUT2D eigenvalue weighted by Gasteiger charge is 2.46. The van der Waals surface area contributed by atoms with Crippen molar-refractivity contribution in [3.05, 3.63) is 107 Å². The molecule has 1 aliphatic rings. The number of ether oxygens (including phenoxy) is 1. The average Bonchev–Trinajstić information content (AvgIpc) is 3.24. The zero-order valence-corrected chi connectivity index (χ0v) is 20.3. The highest BCUT2D eigenvalue weighted by molar-refractivity contribution is 7.89. The van der Waals surface area contributed by atoms with Crippen molar-refractivity contribution in [3.63, 3.8) is 0 Å². The minimum atomic E-state index is -4.14. The quantitative estimate of drug-likeness (QED) is 0.286. The molecule has 0 unspecified atom stereocenters. The maximum absolute atomic E-state index is 13.6. The van der Waals surface area contributed by atoms with E-state index >= 15 is 0 Å². The third kappa shape index (κ3) is 5.41. The van der Waals surface area contributed by atoms with Crippen LogP contribution in [0.1, 0.15) is 22.7 Å². The predicted octanol–water partition coefficient (Wildman–Crippen LogP) is 3.28. The van der Waals surface area contributed by atoms with Crippen LogP contribution in [0.4, 0.5) is 4.79 Å². The number of carbonyl (C=O) groups is 2. The Morgan fingerprint density at radius 2 is 1.67 bits per heavy atom. The zero-order valence-electron chi connectivity index (χ0n) is 19.4. The molecular weight excluding hydrogens is 480 g/mol. The standard InChI is InChI=1S/C26H24N4O5S/c1-18-12-14-22(15-13-18)36(33,34)29-23(20-10-6-3-7-11-20)24(28-27)25(31)30-21(17-35-26(30)32)16-19-8-4-2-5-9-19/h2-15,21,23,29H,16-17H2,1H3/t21-,23+/m0/s1. The summed E-state index contributed by atoms with van der Waals surface area (Å²) >= 11 is 0. The first kappa shape index (κ1) is 25.0. The number of rotatable bonds is 8. The van der Waals surface area contributed by atoms with Gasteiger partial charge in [-0.05, 0) is 36.6 Å². The van der Waals surface area contributed by atoms with E-state index in [2.05, 4.69) is 9.51 Å². The highest BCUT2D eigenvalue weighted by atomic mass is 32.2. The van der Waals surface area contributed by atoms with Gasteiger partial charge in [-0.1, -0.05) is 78.4 Å². The van der Waals surface area contributed by atoms with E-state index in [0.717, 1.165) is 16.0 Å². The van der Waals surface area contributed by atoms with Crippen LogP contribution in [-0.4, -0.2) is 48.5 Å². The number of hydrogen-bond acceptors (Lipinski definition) is 5. The molecular formula is C26H24N4O5S. The van der Waals surface area contributed by atoms with Gasteiger partial charge in [-0.3, -0.25) is 4.79 Å². The van der Waals surface area contributed by atoms with Crippen LogP contribution in [0.3, 0.4) is 0 Å². The SMILES string of the molecule is Cc1ccc(S(=O)(=O)N[C@@H](C(=[N+]=[N-])C(=O)N2C(=O)OC[C@@H]2Cc2ccccc2)c2ccccc2)cc1. The molecule has 0 spiro atoms. The van der Waals surface area contributed by atoms with Gasteiger partial charge in [0.15, 0.2) is 6.04 Å². The van der Waals surface area contributed by atoms with E-state index in [4.69, 9.17) is 4.74 Å². The molecule has 2 atom stereocenters. The van der Waals surface area contributed by atoms with Crippen molar-refractivity contribution >= 4 is 27.7 Å². The lowest BCUT2D eigenvalue weighted by atomic mass is 10.0. The van der Waals surface area contributed by atoms with Crippen LogP contribution in [-0.2, 0) is 26.0 Å². The molecule has 36 heavy (non-hydrogen) atoms. The van der Waals surface area contributed by atoms with Gasteiger partial charge in [-0.25, -0.2) is 18.1 Å². The summed E-state index contributed by atoms with van der Waals surface area (Å²) in [5, 5.41) is 0. The Morgan fingerprint density at radius 3 is 2.28 bits per heavy atom. The van der Waals surface area contributed by atoms with Crippen molar-refractivity contribution in [2.45, 2.75) is 30.3 Å². The lowest BCUT2D eigenvalue weighted by Crippen LogP contribution is -2.48. The molecule has 1 saturated heterocycles. The Balaban J connectivity index is 1.68. The summed E-state index contributed by atoms with van der Waals surface area (Å²) in [6.07, 6.45) is -0.572. The Labute approximate surface area is 209 Å². The fourth-order valence-corrected chi connectivity index (χ4v) is 5.15. The van der Waals surface area contributed by atoms with Gasteiger partial charge in [0.05, 0.1) is 10.9 Å². The van der Waals surface area contributed by atoms with Gasteiger partial charge in [-0.15, -0.1) is 0 Å². The van der Waals surface area contributed by atoms with Gasteiger partial charge >= 0.3 is 17.7 Å². The maximum Gasteiger partial charge on any atom is 0.417 e. The number of hydrogen-bond donors (Lipinski definition) is 1. The summed E-state index contributed by atoms with van der Waals surface area (Å²) in [7, 11) is -4.14. The Hall–Kier alpha value is -4.11. The van der Waals surface area contributed by atoms with Crippen molar-refractivity contribution in [2.24, 2.45) is 0 Å². The molecule has 2 amide bonds. The zero-order chi connectivity index (χ0) is 25.7. The second-order valence-electron chi connectivity index (χ2n) is 8.36. The van der Waals surface area contributed by atoms with E-state index in [0.29, 0.717) is 12.0 Å². The molecule has 9 nitrogen and oxygen atoms in total. The number of imide groups is 1. The van der Waals surface area contributed by atoms with E-state index in [1.807, 2.05) is 37.3 Å². The summed E-state index contributed by atoms with van der Waals surface area (Å²) in [5.41, 5.74) is 11.4. The largest absolute Gasteiger partial charge is 0.447 e. The van der Waals surface area contributed by atoms with Crippen LogP contribution in [0.15, 0.2) is 89.8 Å². The lowest BCUT2D eigenvalue weighted by Gasteiger charge is -2.21. The molecule has 0 aromatic heterocycles. The van der Waals surface area contributed by atoms with Crippen LogP contribution >= 0.6 is 0 Å².